The van der Waals surface area contributed by atoms with Gasteiger partial charge in [-0.1, -0.05) is 30.3 Å². The van der Waals surface area contributed by atoms with Crippen LogP contribution in [-0.2, 0) is 25.6 Å². The van der Waals surface area contributed by atoms with Gasteiger partial charge in [0, 0.05) is 26.7 Å². The molecule has 2 unspecified atom stereocenters. The summed E-state index contributed by atoms with van der Waals surface area (Å²) >= 11 is 0. The second-order valence-corrected chi connectivity index (χ2v) is 5.11. The number of likely N-dealkylation sites (tertiary alicyclic amines) is 1. The SMILES string of the molecule is CCOC(=O)C1CN(Cc2ccccc2)CC(OC)C1=O. The molecule has 1 aliphatic rings. The predicted octanol–water partition coefficient (Wildman–Crippen LogP) is 1.27. The van der Waals surface area contributed by atoms with Crippen LogP contribution in [-0.4, -0.2) is 49.6 Å². The Morgan fingerprint density at radius 1 is 1.29 bits per heavy atom. The molecule has 0 N–H and O–H groups in total. The molecule has 5 nitrogen and oxygen atoms in total. The molecule has 21 heavy (non-hydrogen) atoms. The Labute approximate surface area is 124 Å². The van der Waals surface area contributed by atoms with Gasteiger partial charge in [0.2, 0.25) is 0 Å². The van der Waals surface area contributed by atoms with Crippen molar-refractivity contribution in [3.63, 3.8) is 0 Å². The quantitative estimate of drug-likeness (QED) is 0.604. The molecule has 1 aromatic rings. The summed E-state index contributed by atoms with van der Waals surface area (Å²) in [5.74, 6) is -1.39. The van der Waals surface area contributed by atoms with Crippen molar-refractivity contribution in [2.24, 2.45) is 5.92 Å². The molecular formula is C16H21NO4. The van der Waals surface area contributed by atoms with E-state index in [1.165, 1.54) is 7.11 Å². The molecule has 0 saturated carbocycles. The zero-order valence-electron chi connectivity index (χ0n) is 12.5. The number of ether oxygens (including phenoxy) is 2. The highest BCUT2D eigenvalue weighted by atomic mass is 16.5. The van der Waals surface area contributed by atoms with Gasteiger partial charge in [0.15, 0.2) is 5.78 Å². The first-order chi connectivity index (χ1) is 10.2. The molecule has 2 rings (SSSR count). The van der Waals surface area contributed by atoms with Gasteiger partial charge in [-0.25, -0.2) is 0 Å². The van der Waals surface area contributed by atoms with Gasteiger partial charge in [-0.3, -0.25) is 14.5 Å². The number of hydrogen-bond acceptors (Lipinski definition) is 5. The zero-order valence-corrected chi connectivity index (χ0v) is 12.5. The Hall–Kier alpha value is -1.72. The highest BCUT2D eigenvalue weighted by Gasteiger charge is 2.40. The normalized spacial score (nSPS) is 23.0. The van der Waals surface area contributed by atoms with Crippen LogP contribution in [0, 0.1) is 5.92 Å². The Bertz CT molecular complexity index is 488. The third kappa shape index (κ3) is 3.89. The third-order valence-electron chi connectivity index (χ3n) is 3.63. The average Bonchev–Trinajstić information content (AvgIpc) is 2.50. The second kappa shape index (κ2) is 7.33. The summed E-state index contributed by atoms with van der Waals surface area (Å²) in [4.78, 5) is 26.2. The van der Waals surface area contributed by atoms with Crippen LogP contribution < -0.4 is 0 Å². The van der Waals surface area contributed by atoms with Gasteiger partial charge in [-0.05, 0) is 12.5 Å². The van der Waals surface area contributed by atoms with E-state index in [-0.39, 0.29) is 12.4 Å². The van der Waals surface area contributed by atoms with E-state index >= 15 is 0 Å². The minimum absolute atomic E-state index is 0.180. The molecule has 1 aliphatic heterocycles. The Kier molecular flexibility index (Phi) is 5.47. The number of rotatable bonds is 5. The Morgan fingerprint density at radius 2 is 2.00 bits per heavy atom. The second-order valence-electron chi connectivity index (χ2n) is 5.11. The van der Waals surface area contributed by atoms with Crippen molar-refractivity contribution in [2.75, 3.05) is 26.8 Å². The molecule has 0 spiro atoms. The monoisotopic (exact) mass is 291 g/mol. The molecular weight excluding hydrogens is 270 g/mol. The molecule has 0 radical (unpaired) electrons. The summed E-state index contributed by atoms with van der Waals surface area (Å²) in [6.45, 7) is 3.58. The summed E-state index contributed by atoms with van der Waals surface area (Å²) in [6.07, 6.45) is -0.572. The first-order valence-electron chi connectivity index (χ1n) is 7.15. The average molecular weight is 291 g/mol. The van der Waals surface area contributed by atoms with E-state index in [1.54, 1.807) is 6.92 Å². The van der Waals surface area contributed by atoms with Crippen LogP contribution in [0.3, 0.4) is 0 Å². The molecule has 1 heterocycles. The summed E-state index contributed by atoms with van der Waals surface area (Å²) in [6, 6.07) is 9.96. The molecule has 1 aromatic carbocycles. The molecule has 0 bridgehead atoms. The van der Waals surface area contributed by atoms with Crippen LogP contribution in [0.15, 0.2) is 30.3 Å². The number of carbonyl (C=O) groups is 2. The van der Waals surface area contributed by atoms with E-state index < -0.39 is 18.0 Å². The molecule has 114 valence electrons. The van der Waals surface area contributed by atoms with Crippen LogP contribution in [0.1, 0.15) is 12.5 Å². The fraction of sp³-hybridized carbons (Fsp3) is 0.500. The maximum absolute atomic E-state index is 12.2. The zero-order chi connectivity index (χ0) is 15.2. The van der Waals surface area contributed by atoms with Gasteiger partial charge in [0.05, 0.1) is 6.61 Å². The Balaban J connectivity index is 2.09. The maximum atomic E-state index is 12.2. The van der Waals surface area contributed by atoms with Crippen molar-refractivity contribution in [3.05, 3.63) is 35.9 Å². The molecule has 1 fully saturated rings. The lowest BCUT2D eigenvalue weighted by atomic mass is 9.94. The van der Waals surface area contributed by atoms with E-state index in [0.29, 0.717) is 19.6 Å². The molecule has 5 heteroatoms. The summed E-state index contributed by atoms with van der Waals surface area (Å²) in [5, 5.41) is 0. The predicted molar refractivity (Wildman–Crippen MR) is 77.6 cm³/mol. The lowest BCUT2D eigenvalue weighted by Gasteiger charge is -2.34. The van der Waals surface area contributed by atoms with Crippen LogP contribution in [0.4, 0.5) is 0 Å². The maximum Gasteiger partial charge on any atom is 0.317 e. The summed E-state index contributed by atoms with van der Waals surface area (Å²) in [5.41, 5.74) is 1.14. The van der Waals surface area contributed by atoms with Crippen LogP contribution >= 0.6 is 0 Å². The van der Waals surface area contributed by atoms with Crippen molar-refractivity contribution >= 4 is 11.8 Å². The number of carbonyl (C=O) groups excluding carboxylic acids is 2. The molecule has 2 atom stereocenters. The van der Waals surface area contributed by atoms with Crippen molar-refractivity contribution in [2.45, 2.75) is 19.6 Å². The number of methoxy groups -OCH3 is 1. The Morgan fingerprint density at radius 3 is 2.62 bits per heavy atom. The van der Waals surface area contributed by atoms with E-state index in [4.69, 9.17) is 9.47 Å². The van der Waals surface area contributed by atoms with Crippen molar-refractivity contribution in [3.8, 4) is 0 Å². The molecule has 1 saturated heterocycles. The van der Waals surface area contributed by atoms with Crippen molar-refractivity contribution in [1.82, 2.24) is 4.90 Å². The minimum atomic E-state index is -0.757. The minimum Gasteiger partial charge on any atom is -0.465 e. The van der Waals surface area contributed by atoms with E-state index in [2.05, 4.69) is 4.90 Å². The fourth-order valence-electron chi connectivity index (χ4n) is 2.57. The lowest BCUT2D eigenvalue weighted by molar-refractivity contribution is -0.159. The van der Waals surface area contributed by atoms with Crippen LogP contribution in [0.25, 0.3) is 0 Å². The number of hydrogen-bond donors (Lipinski definition) is 0. The van der Waals surface area contributed by atoms with Crippen molar-refractivity contribution < 1.29 is 19.1 Å². The molecule has 0 amide bonds. The smallest absolute Gasteiger partial charge is 0.317 e. The number of Topliss-reactive ketones (excluding diaryl/α,β-unsaturated/α-hetero) is 1. The number of esters is 1. The van der Waals surface area contributed by atoms with Crippen molar-refractivity contribution in [1.29, 1.82) is 0 Å². The first kappa shape index (κ1) is 15.7. The third-order valence-corrected chi connectivity index (χ3v) is 3.63. The van der Waals surface area contributed by atoms with Crippen LogP contribution in [0.2, 0.25) is 0 Å². The number of nitrogens with zero attached hydrogens (tertiary/aromatic N) is 1. The number of ketones is 1. The number of piperidine rings is 1. The van der Waals surface area contributed by atoms with E-state index in [1.807, 2.05) is 30.3 Å². The first-order valence-corrected chi connectivity index (χ1v) is 7.15. The number of benzene rings is 1. The van der Waals surface area contributed by atoms with Gasteiger partial charge in [0.1, 0.15) is 12.0 Å². The highest BCUT2D eigenvalue weighted by Crippen LogP contribution is 2.19. The highest BCUT2D eigenvalue weighted by molar-refractivity contribution is 6.02. The standard InChI is InChI=1S/C16H21NO4/c1-3-21-16(19)13-10-17(11-14(20-2)15(13)18)9-12-7-5-4-6-8-12/h4-8,13-14H,3,9-11H2,1-2H3. The van der Waals surface area contributed by atoms with Gasteiger partial charge in [-0.15, -0.1) is 0 Å². The molecule has 0 aromatic heterocycles. The van der Waals surface area contributed by atoms with Gasteiger partial charge < -0.3 is 9.47 Å². The lowest BCUT2D eigenvalue weighted by Crippen LogP contribution is -2.53. The summed E-state index contributed by atoms with van der Waals surface area (Å²) in [7, 11) is 1.50. The van der Waals surface area contributed by atoms with Gasteiger partial charge in [0.25, 0.3) is 0 Å². The summed E-state index contributed by atoms with van der Waals surface area (Å²) < 4.78 is 10.2. The van der Waals surface area contributed by atoms with Gasteiger partial charge >= 0.3 is 5.97 Å². The van der Waals surface area contributed by atoms with Crippen LogP contribution in [0.5, 0.6) is 0 Å². The largest absolute Gasteiger partial charge is 0.465 e. The van der Waals surface area contributed by atoms with E-state index in [9.17, 15) is 9.59 Å². The van der Waals surface area contributed by atoms with E-state index in [0.717, 1.165) is 5.56 Å². The topological polar surface area (TPSA) is 55.8 Å². The fourth-order valence-corrected chi connectivity index (χ4v) is 2.57. The molecule has 0 aliphatic carbocycles. The van der Waals surface area contributed by atoms with Gasteiger partial charge in [-0.2, -0.15) is 0 Å².